The van der Waals surface area contributed by atoms with Crippen LogP contribution in [0.15, 0.2) is 241 Å². The van der Waals surface area contributed by atoms with Gasteiger partial charge in [0.2, 0.25) is 0 Å². The van der Waals surface area contributed by atoms with Crippen LogP contribution in [-0.2, 0) is 0 Å². The number of nitrogens with zero attached hydrogens (tertiary/aromatic N) is 1. The summed E-state index contributed by atoms with van der Waals surface area (Å²) < 4.78 is 9.33. The number of furan rings is 1. The lowest BCUT2D eigenvalue weighted by Gasteiger charge is -2.31. The number of thiophene rings is 1. The van der Waals surface area contributed by atoms with E-state index in [1.807, 2.05) is 17.4 Å². The van der Waals surface area contributed by atoms with Crippen LogP contribution in [0.4, 0.5) is 17.1 Å². The number of rotatable bonds is 8. The zero-order valence-electron chi connectivity index (χ0n) is 34.3. The average Bonchev–Trinajstić information content (AvgIpc) is 3.93. The monoisotopic (exact) mass is 821 g/mol. The van der Waals surface area contributed by atoms with Crippen LogP contribution in [0, 0.1) is 0 Å². The number of hydrogen-bond acceptors (Lipinski definition) is 3. The molecule has 10 aromatic carbocycles. The molecular formula is C60H39NOS. The number of fused-ring (bicyclic) bond motifs is 6. The van der Waals surface area contributed by atoms with E-state index >= 15 is 0 Å². The number of hydrogen-bond donors (Lipinski definition) is 0. The maximum atomic E-state index is 6.72. The van der Waals surface area contributed by atoms with Crippen LogP contribution in [0.5, 0.6) is 0 Å². The molecule has 0 spiro atoms. The highest BCUT2D eigenvalue weighted by atomic mass is 32.1. The molecule has 2 aromatic heterocycles. The van der Waals surface area contributed by atoms with E-state index in [2.05, 4.69) is 235 Å². The molecule has 12 aromatic rings. The van der Waals surface area contributed by atoms with Crippen molar-refractivity contribution in [2.45, 2.75) is 0 Å². The molecule has 63 heavy (non-hydrogen) atoms. The lowest BCUT2D eigenvalue weighted by molar-refractivity contribution is 0.670. The minimum absolute atomic E-state index is 0.880. The number of anilines is 3. The molecule has 0 aliphatic rings. The van der Waals surface area contributed by atoms with Crippen molar-refractivity contribution in [3.8, 4) is 55.6 Å². The number of para-hydroxylation sites is 3. The van der Waals surface area contributed by atoms with Crippen LogP contribution >= 0.6 is 11.3 Å². The molecule has 0 aliphatic carbocycles. The largest absolute Gasteiger partial charge is 0.455 e. The Morgan fingerprint density at radius 3 is 1.68 bits per heavy atom. The van der Waals surface area contributed by atoms with E-state index in [1.165, 1.54) is 42.4 Å². The van der Waals surface area contributed by atoms with Gasteiger partial charge in [0, 0.05) is 53.3 Å². The third-order valence-electron chi connectivity index (χ3n) is 12.3. The molecule has 0 bridgehead atoms. The van der Waals surface area contributed by atoms with Crippen molar-refractivity contribution in [1.29, 1.82) is 0 Å². The first-order chi connectivity index (χ1) is 31.3. The first-order valence-corrected chi connectivity index (χ1v) is 22.2. The van der Waals surface area contributed by atoms with Crippen molar-refractivity contribution < 1.29 is 4.42 Å². The molecule has 0 radical (unpaired) electrons. The molecule has 0 aliphatic heterocycles. The summed E-state index contributed by atoms with van der Waals surface area (Å²) in [5, 5.41) is 4.84. The van der Waals surface area contributed by atoms with E-state index in [0.717, 1.165) is 72.4 Å². The Kier molecular flexibility index (Phi) is 9.06. The van der Waals surface area contributed by atoms with Crippen molar-refractivity contribution in [2.24, 2.45) is 0 Å². The van der Waals surface area contributed by atoms with Crippen molar-refractivity contribution in [3.05, 3.63) is 237 Å². The fourth-order valence-electron chi connectivity index (χ4n) is 9.41. The molecule has 3 heteroatoms. The second kappa shape index (κ2) is 15.5. The van der Waals surface area contributed by atoms with E-state index in [0.29, 0.717) is 0 Å². The topological polar surface area (TPSA) is 16.4 Å². The molecule has 0 saturated heterocycles. The van der Waals surface area contributed by atoms with E-state index in [-0.39, 0.29) is 0 Å². The predicted octanol–water partition coefficient (Wildman–Crippen LogP) is 17.8. The lowest BCUT2D eigenvalue weighted by Crippen LogP contribution is -2.13. The van der Waals surface area contributed by atoms with Gasteiger partial charge < -0.3 is 9.32 Å². The minimum Gasteiger partial charge on any atom is -0.455 e. The summed E-state index contributed by atoms with van der Waals surface area (Å²) in [6.07, 6.45) is 0. The Morgan fingerprint density at radius 1 is 0.317 bits per heavy atom. The third kappa shape index (κ3) is 6.41. The first-order valence-electron chi connectivity index (χ1n) is 21.4. The predicted molar refractivity (Wildman–Crippen MR) is 268 cm³/mol. The van der Waals surface area contributed by atoms with Gasteiger partial charge in [-0.3, -0.25) is 0 Å². The Balaban J connectivity index is 1.11. The summed E-state index contributed by atoms with van der Waals surface area (Å²) in [6.45, 7) is 0. The number of benzene rings is 10. The van der Waals surface area contributed by atoms with Gasteiger partial charge in [-0.25, -0.2) is 0 Å². The fourth-order valence-corrected chi connectivity index (χ4v) is 10.6. The second-order valence-corrected chi connectivity index (χ2v) is 17.1. The zero-order chi connectivity index (χ0) is 41.7. The summed E-state index contributed by atoms with van der Waals surface area (Å²) in [5.74, 6) is 0. The first kappa shape index (κ1) is 36.8. The molecule has 2 heterocycles. The lowest BCUT2D eigenvalue weighted by atomic mass is 9.87. The van der Waals surface area contributed by atoms with Crippen LogP contribution in [0.1, 0.15) is 0 Å². The maximum Gasteiger partial charge on any atom is 0.143 e. The molecule has 296 valence electrons. The highest BCUT2D eigenvalue weighted by Gasteiger charge is 2.25. The second-order valence-electron chi connectivity index (χ2n) is 16.0. The van der Waals surface area contributed by atoms with Crippen LogP contribution < -0.4 is 4.90 Å². The van der Waals surface area contributed by atoms with Gasteiger partial charge in [-0.2, -0.15) is 0 Å². The van der Waals surface area contributed by atoms with Gasteiger partial charge in [0.25, 0.3) is 0 Å². The fraction of sp³-hybridized carbons (Fsp3) is 0. The molecule has 0 amide bonds. The maximum absolute atomic E-state index is 6.72. The Morgan fingerprint density at radius 2 is 0.873 bits per heavy atom. The van der Waals surface area contributed by atoms with Gasteiger partial charge in [-0.15, -0.1) is 11.3 Å². The minimum atomic E-state index is 0.880. The smallest absolute Gasteiger partial charge is 0.143 e. The normalized spacial score (nSPS) is 11.5. The molecule has 0 saturated carbocycles. The van der Waals surface area contributed by atoms with Crippen LogP contribution in [0.25, 0.3) is 97.7 Å². The van der Waals surface area contributed by atoms with Gasteiger partial charge >= 0.3 is 0 Å². The molecule has 12 rings (SSSR count). The Hall–Kier alpha value is -7.98. The average molecular weight is 822 g/mol. The third-order valence-corrected chi connectivity index (χ3v) is 13.5. The molecule has 2 nitrogen and oxygen atoms in total. The van der Waals surface area contributed by atoms with E-state index in [4.69, 9.17) is 4.42 Å². The summed E-state index contributed by atoms with van der Waals surface area (Å²) >= 11 is 1.86. The molecule has 0 atom stereocenters. The van der Waals surface area contributed by atoms with E-state index in [9.17, 15) is 0 Å². The van der Waals surface area contributed by atoms with Crippen LogP contribution in [-0.4, -0.2) is 0 Å². The Bertz CT molecular complexity index is 3620. The van der Waals surface area contributed by atoms with Crippen LogP contribution in [0.2, 0.25) is 0 Å². The standard InChI is InChI=1S/C60H39NOS/c1-3-17-41(18-4-1)45-21-7-8-25-51(45)59-46(42-19-5-2-6-20-42)26-16-30-55(59)61(44-36-33-40(34-37-44)43-35-38-50-49-24-11-14-32-57(49)63-58(50)39-43)54-29-12-9-22-47(54)52-27-15-28-53-48-23-10-13-31-56(48)62-60(52)53/h1-39H. The highest BCUT2D eigenvalue weighted by molar-refractivity contribution is 7.25. The van der Waals surface area contributed by atoms with Gasteiger partial charge in [0.05, 0.1) is 11.4 Å². The van der Waals surface area contributed by atoms with Crippen molar-refractivity contribution in [1.82, 2.24) is 0 Å². The quantitative estimate of drug-likeness (QED) is 0.152. The molecular weight excluding hydrogens is 783 g/mol. The van der Waals surface area contributed by atoms with Crippen molar-refractivity contribution in [2.75, 3.05) is 4.90 Å². The summed E-state index contributed by atoms with van der Waals surface area (Å²) in [4.78, 5) is 2.46. The Labute approximate surface area is 370 Å². The summed E-state index contributed by atoms with van der Waals surface area (Å²) in [5.41, 5.74) is 16.4. The molecule has 0 unspecified atom stereocenters. The summed E-state index contributed by atoms with van der Waals surface area (Å²) in [7, 11) is 0. The van der Waals surface area contributed by atoms with E-state index in [1.54, 1.807) is 0 Å². The highest BCUT2D eigenvalue weighted by Crippen LogP contribution is 2.51. The van der Waals surface area contributed by atoms with Gasteiger partial charge in [0.1, 0.15) is 11.2 Å². The SMILES string of the molecule is c1ccc(-c2ccccc2-c2c(-c3ccccc3)cccc2N(c2ccc(-c3ccc4c(c3)sc3ccccc34)cc2)c2ccccc2-c2cccc3c2oc2ccccc23)cc1. The van der Waals surface area contributed by atoms with Gasteiger partial charge in [-0.05, 0) is 81.4 Å². The molecule has 0 N–H and O–H groups in total. The van der Waals surface area contributed by atoms with Crippen molar-refractivity contribution >= 4 is 70.5 Å². The summed E-state index contributed by atoms with van der Waals surface area (Å²) in [6, 6.07) is 85.4. The zero-order valence-corrected chi connectivity index (χ0v) is 35.1. The van der Waals surface area contributed by atoms with Gasteiger partial charge in [0.15, 0.2) is 0 Å². The van der Waals surface area contributed by atoms with Crippen molar-refractivity contribution in [3.63, 3.8) is 0 Å². The van der Waals surface area contributed by atoms with Gasteiger partial charge in [-0.1, -0.05) is 194 Å². The van der Waals surface area contributed by atoms with Crippen LogP contribution in [0.3, 0.4) is 0 Å². The molecule has 0 fully saturated rings. The van der Waals surface area contributed by atoms with E-state index < -0.39 is 0 Å².